The first-order chi connectivity index (χ1) is 7.47. The van der Waals surface area contributed by atoms with Crippen molar-refractivity contribution in [1.82, 2.24) is 0 Å². The molecule has 0 aliphatic carbocycles. The molecule has 0 amide bonds. The van der Waals surface area contributed by atoms with Crippen LogP contribution in [0, 0.1) is 0 Å². The smallest absolute Gasteiger partial charge is 0.143 e. The molecule has 0 aromatic carbocycles. The van der Waals surface area contributed by atoms with Crippen LogP contribution in [0.4, 0.5) is 0 Å². The minimum Gasteiger partial charge on any atom is -0.299 e. The Balaban J connectivity index is 4.03. The molecule has 0 spiro atoms. The van der Waals surface area contributed by atoms with Crippen LogP contribution in [0.2, 0.25) is 0 Å². The van der Waals surface area contributed by atoms with Crippen LogP contribution in [0.15, 0.2) is 23.3 Å². The lowest BCUT2D eigenvalue weighted by Crippen LogP contribution is -2.11. The van der Waals surface area contributed by atoms with Crippen LogP contribution < -0.4 is 0 Å². The Morgan fingerprint density at radius 3 is 2.25 bits per heavy atom. The zero-order chi connectivity index (χ0) is 12.6. The van der Waals surface area contributed by atoms with Gasteiger partial charge in [0.25, 0.3) is 0 Å². The van der Waals surface area contributed by atoms with Gasteiger partial charge in [0.1, 0.15) is 5.78 Å². The highest BCUT2D eigenvalue weighted by atomic mass is 32.2. The lowest BCUT2D eigenvalue weighted by atomic mass is 10.1. The molecule has 1 atom stereocenters. The summed E-state index contributed by atoms with van der Waals surface area (Å²) in [6.07, 6.45) is 9.55. The number of ketones is 1. The molecule has 0 heterocycles. The quantitative estimate of drug-likeness (QED) is 0.614. The molecular weight excluding hydrogens is 216 g/mol. The molecule has 0 fully saturated rings. The second-order valence-electron chi connectivity index (χ2n) is 4.44. The van der Waals surface area contributed by atoms with Crippen molar-refractivity contribution in [2.75, 3.05) is 6.26 Å². The fraction of sp³-hybridized carbons (Fsp3) is 0.643. The fourth-order valence-electron chi connectivity index (χ4n) is 1.43. The van der Waals surface area contributed by atoms with Crippen LogP contribution in [0.5, 0.6) is 0 Å². The Hall–Kier alpha value is -0.500. The Morgan fingerprint density at radius 1 is 1.19 bits per heavy atom. The summed E-state index contributed by atoms with van der Waals surface area (Å²) in [5.41, 5.74) is 2.76. The molecule has 0 aliphatic rings. The van der Waals surface area contributed by atoms with Crippen molar-refractivity contribution in [3.8, 4) is 0 Å². The third-order valence-corrected chi connectivity index (χ3v) is 3.60. The van der Waals surface area contributed by atoms with E-state index in [0.717, 1.165) is 19.3 Å². The molecule has 0 saturated heterocycles. The summed E-state index contributed by atoms with van der Waals surface area (Å²) in [6, 6.07) is 0. The maximum Gasteiger partial charge on any atom is 0.143 e. The van der Waals surface area contributed by atoms with E-state index in [2.05, 4.69) is 32.9 Å². The number of carbonyl (C=O) groups is 1. The van der Waals surface area contributed by atoms with E-state index in [9.17, 15) is 4.79 Å². The van der Waals surface area contributed by atoms with Crippen molar-refractivity contribution in [1.29, 1.82) is 0 Å². The van der Waals surface area contributed by atoms with E-state index in [0.29, 0.717) is 0 Å². The fourth-order valence-corrected chi connectivity index (χ4v) is 2.05. The third-order valence-electron chi connectivity index (χ3n) is 2.51. The summed E-state index contributed by atoms with van der Waals surface area (Å²) in [5.74, 6) is 0.279. The SMILES string of the molecule is CSC(CC=C(C)CCC=C(C)C)C(C)=O. The molecule has 0 radical (unpaired) electrons. The van der Waals surface area contributed by atoms with Crippen LogP contribution in [-0.4, -0.2) is 17.3 Å². The van der Waals surface area contributed by atoms with Gasteiger partial charge in [0, 0.05) is 0 Å². The number of hydrogen-bond donors (Lipinski definition) is 0. The second kappa shape index (κ2) is 8.63. The normalized spacial score (nSPS) is 13.4. The molecule has 1 nitrogen and oxygen atoms in total. The van der Waals surface area contributed by atoms with Crippen LogP contribution in [0.1, 0.15) is 47.0 Å². The Kier molecular flexibility index (Phi) is 8.36. The van der Waals surface area contributed by atoms with Gasteiger partial charge in [0.15, 0.2) is 0 Å². The maximum absolute atomic E-state index is 11.2. The van der Waals surface area contributed by atoms with E-state index in [1.807, 2.05) is 6.26 Å². The van der Waals surface area contributed by atoms with Gasteiger partial charge in [-0.1, -0.05) is 23.3 Å². The highest BCUT2D eigenvalue weighted by Gasteiger charge is 2.09. The van der Waals surface area contributed by atoms with Crippen molar-refractivity contribution in [3.05, 3.63) is 23.3 Å². The van der Waals surface area contributed by atoms with Gasteiger partial charge in [-0.15, -0.1) is 0 Å². The van der Waals surface area contributed by atoms with Gasteiger partial charge in [0.05, 0.1) is 5.25 Å². The molecule has 16 heavy (non-hydrogen) atoms. The van der Waals surface area contributed by atoms with Crippen LogP contribution in [0.25, 0.3) is 0 Å². The van der Waals surface area contributed by atoms with Gasteiger partial charge in [-0.3, -0.25) is 4.79 Å². The Labute approximate surface area is 104 Å². The molecule has 0 saturated carbocycles. The monoisotopic (exact) mass is 240 g/mol. The number of allylic oxidation sites excluding steroid dienone is 4. The third kappa shape index (κ3) is 7.75. The molecule has 0 aliphatic heterocycles. The van der Waals surface area contributed by atoms with Crippen molar-refractivity contribution < 1.29 is 4.79 Å². The Bertz CT molecular complexity index is 272. The van der Waals surface area contributed by atoms with Crippen molar-refractivity contribution >= 4 is 17.5 Å². The summed E-state index contributed by atoms with van der Waals surface area (Å²) < 4.78 is 0. The molecule has 1 unspecified atom stereocenters. The Morgan fingerprint density at radius 2 is 1.81 bits per heavy atom. The molecular formula is C14H24OS. The first-order valence-electron chi connectivity index (χ1n) is 5.79. The molecule has 0 N–H and O–H groups in total. The lowest BCUT2D eigenvalue weighted by Gasteiger charge is -2.08. The molecule has 0 aromatic heterocycles. The maximum atomic E-state index is 11.2. The summed E-state index contributed by atoms with van der Waals surface area (Å²) >= 11 is 1.64. The minimum atomic E-state index is 0.137. The second-order valence-corrected chi connectivity index (χ2v) is 5.48. The lowest BCUT2D eigenvalue weighted by molar-refractivity contribution is -0.116. The standard InChI is InChI=1S/C14H24OS/c1-11(2)7-6-8-12(3)9-10-14(16-5)13(4)15/h7,9,14H,6,8,10H2,1-5H3. The average molecular weight is 240 g/mol. The van der Waals surface area contributed by atoms with Gasteiger partial charge < -0.3 is 0 Å². The summed E-state index contributed by atoms with van der Waals surface area (Å²) in [4.78, 5) is 11.2. The van der Waals surface area contributed by atoms with E-state index in [1.165, 1.54) is 11.1 Å². The number of rotatable bonds is 7. The molecule has 92 valence electrons. The minimum absolute atomic E-state index is 0.137. The van der Waals surface area contributed by atoms with Crippen LogP contribution >= 0.6 is 11.8 Å². The van der Waals surface area contributed by atoms with E-state index < -0.39 is 0 Å². The molecule has 0 rings (SSSR count). The molecule has 0 aromatic rings. The number of thioether (sulfide) groups is 1. The zero-order valence-corrected chi connectivity index (χ0v) is 12.0. The van der Waals surface area contributed by atoms with Gasteiger partial charge >= 0.3 is 0 Å². The van der Waals surface area contributed by atoms with Crippen molar-refractivity contribution in [2.45, 2.75) is 52.2 Å². The number of Topliss-reactive ketones (excluding diaryl/α,β-unsaturated/α-hetero) is 1. The van der Waals surface area contributed by atoms with Crippen molar-refractivity contribution in [2.24, 2.45) is 0 Å². The highest BCUT2D eigenvalue weighted by Crippen LogP contribution is 2.15. The van der Waals surface area contributed by atoms with Gasteiger partial charge in [0.2, 0.25) is 0 Å². The predicted molar refractivity (Wildman–Crippen MR) is 75.0 cm³/mol. The van der Waals surface area contributed by atoms with E-state index in [-0.39, 0.29) is 11.0 Å². The highest BCUT2D eigenvalue weighted by molar-refractivity contribution is 7.99. The largest absolute Gasteiger partial charge is 0.299 e. The number of hydrogen-bond acceptors (Lipinski definition) is 2. The summed E-state index contributed by atoms with van der Waals surface area (Å²) in [7, 11) is 0. The number of carbonyl (C=O) groups excluding carboxylic acids is 1. The zero-order valence-electron chi connectivity index (χ0n) is 11.2. The summed E-state index contributed by atoms with van der Waals surface area (Å²) in [5, 5.41) is 0.137. The first-order valence-corrected chi connectivity index (χ1v) is 7.08. The van der Waals surface area contributed by atoms with Gasteiger partial charge in [-0.05, 0) is 53.2 Å². The average Bonchev–Trinajstić information content (AvgIpc) is 2.17. The van der Waals surface area contributed by atoms with Crippen LogP contribution in [-0.2, 0) is 4.79 Å². The topological polar surface area (TPSA) is 17.1 Å². The van der Waals surface area contributed by atoms with Gasteiger partial charge in [-0.25, -0.2) is 0 Å². The predicted octanol–water partition coefficient (Wildman–Crippen LogP) is 4.39. The van der Waals surface area contributed by atoms with Crippen LogP contribution in [0.3, 0.4) is 0 Å². The summed E-state index contributed by atoms with van der Waals surface area (Å²) in [6.45, 7) is 8.07. The molecule has 0 bridgehead atoms. The van der Waals surface area contributed by atoms with E-state index in [1.54, 1.807) is 18.7 Å². The van der Waals surface area contributed by atoms with Crippen molar-refractivity contribution in [3.63, 3.8) is 0 Å². The van der Waals surface area contributed by atoms with E-state index >= 15 is 0 Å². The molecule has 2 heteroatoms. The van der Waals surface area contributed by atoms with Gasteiger partial charge in [-0.2, -0.15) is 11.8 Å². The van der Waals surface area contributed by atoms with E-state index in [4.69, 9.17) is 0 Å². The first kappa shape index (κ1) is 15.5.